The first kappa shape index (κ1) is 14.9. The van der Waals surface area contributed by atoms with E-state index in [0.717, 1.165) is 19.3 Å². The van der Waals surface area contributed by atoms with Gasteiger partial charge in [0.25, 0.3) is 17.6 Å². The van der Waals surface area contributed by atoms with Crippen LogP contribution in [0.4, 0.5) is 0 Å². The molecule has 0 aromatic carbocycles. The zero-order valence-corrected chi connectivity index (χ0v) is 13.2. The van der Waals surface area contributed by atoms with Gasteiger partial charge >= 0.3 is 0 Å². The zero-order valence-electron chi connectivity index (χ0n) is 13.2. The zero-order chi connectivity index (χ0) is 16.7. The highest BCUT2D eigenvalue weighted by Crippen LogP contribution is 2.32. The molecular weight excluding hydrogens is 314 g/mol. The summed E-state index contributed by atoms with van der Waals surface area (Å²) in [7, 11) is 0. The van der Waals surface area contributed by atoms with Gasteiger partial charge in [0.2, 0.25) is 11.7 Å². The molecule has 0 spiro atoms. The summed E-state index contributed by atoms with van der Waals surface area (Å²) in [6.45, 7) is 2.28. The largest absolute Gasteiger partial charge is 0.438 e. The maximum atomic E-state index is 12.6. The van der Waals surface area contributed by atoms with Crippen molar-refractivity contribution in [3.8, 4) is 0 Å². The fourth-order valence-corrected chi connectivity index (χ4v) is 2.84. The first-order chi connectivity index (χ1) is 11.6. The van der Waals surface area contributed by atoms with Crippen LogP contribution in [0.15, 0.2) is 15.3 Å². The maximum Gasteiger partial charge on any atom is 0.292 e. The minimum atomic E-state index is -0.350. The molecule has 24 heavy (non-hydrogen) atoms. The van der Waals surface area contributed by atoms with E-state index in [1.54, 1.807) is 11.8 Å². The van der Waals surface area contributed by atoms with Gasteiger partial charge < -0.3 is 19.2 Å². The number of rotatable bonds is 4. The Kier molecular flexibility index (Phi) is 3.55. The SMILES string of the molecule is Cc1ncoc1C(=O)N1CCCC1c1nc(C(=O)NC2CC2)no1. The van der Waals surface area contributed by atoms with Crippen LogP contribution in [0.1, 0.15) is 64.5 Å². The molecule has 2 fully saturated rings. The van der Waals surface area contributed by atoms with E-state index in [-0.39, 0.29) is 41.4 Å². The normalized spacial score (nSPS) is 20.4. The summed E-state index contributed by atoms with van der Waals surface area (Å²) in [5.74, 6) is -0.0942. The molecule has 2 aliphatic rings. The van der Waals surface area contributed by atoms with E-state index < -0.39 is 0 Å². The maximum absolute atomic E-state index is 12.6. The minimum absolute atomic E-state index is 0.00652. The van der Waals surface area contributed by atoms with Crippen LogP contribution >= 0.6 is 0 Å². The summed E-state index contributed by atoms with van der Waals surface area (Å²) in [6, 6.07) is -0.129. The summed E-state index contributed by atoms with van der Waals surface area (Å²) in [5.41, 5.74) is 0.542. The second-order valence-corrected chi connectivity index (χ2v) is 6.13. The average molecular weight is 331 g/mol. The molecule has 126 valence electrons. The topological polar surface area (TPSA) is 114 Å². The van der Waals surface area contributed by atoms with Gasteiger partial charge in [0.15, 0.2) is 6.39 Å². The number of nitrogens with one attached hydrogen (secondary N) is 1. The molecule has 1 aliphatic carbocycles. The van der Waals surface area contributed by atoms with Crippen molar-refractivity contribution in [3.05, 3.63) is 29.6 Å². The summed E-state index contributed by atoms with van der Waals surface area (Å²) < 4.78 is 10.4. The molecule has 1 atom stereocenters. The third kappa shape index (κ3) is 2.66. The fourth-order valence-electron chi connectivity index (χ4n) is 2.84. The van der Waals surface area contributed by atoms with E-state index in [0.29, 0.717) is 18.7 Å². The monoisotopic (exact) mass is 331 g/mol. The lowest BCUT2D eigenvalue weighted by atomic mass is 10.2. The van der Waals surface area contributed by atoms with Crippen LogP contribution in [0.2, 0.25) is 0 Å². The Hall–Kier alpha value is -2.71. The lowest BCUT2D eigenvalue weighted by Crippen LogP contribution is -2.31. The van der Waals surface area contributed by atoms with Crippen LogP contribution in [-0.4, -0.2) is 44.4 Å². The smallest absolute Gasteiger partial charge is 0.292 e. The molecule has 2 amide bonds. The number of hydrogen-bond donors (Lipinski definition) is 1. The van der Waals surface area contributed by atoms with E-state index in [2.05, 4.69) is 20.4 Å². The van der Waals surface area contributed by atoms with Crippen molar-refractivity contribution in [2.24, 2.45) is 0 Å². The van der Waals surface area contributed by atoms with Gasteiger partial charge in [-0.1, -0.05) is 5.16 Å². The average Bonchev–Trinajstić information content (AvgIpc) is 3.01. The van der Waals surface area contributed by atoms with E-state index in [1.165, 1.54) is 6.39 Å². The number of hydrogen-bond acceptors (Lipinski definition) is 7. The van der Waals surface area contributed by atoms with Crippen LogP contribution in [0.25, 0.3) is 0 Å². The standard InChI is InChI=1S/C15H17N5O4/c1-8-11(23-7-16-8)15(22)20-6-2-3-10(20)14-18-12(19-24-14)13(21)17-9-4-5-9/h7,9-10H,2-6H2,1H3,(H,17,21). The van der Waals surface area contributed by atoms with Crippen LogP contribution in [-0.2, 0) is 0 Å². The lowest BCUT2D eigenvalue weighted by molar-refractivity contribution is 0.0676. The molecule has 1 N–H and O–H groups in total. The highest BCUT2D eigenvalue weighted by atomic mass is 16.5. The summed E-state index contributed by atoms with van der Waals surface area (Å²) in [5, 5.41) is 6.55. The Labute approximate surface area is 137 Å². The van der Waals surface area contributed by atoms with Gasteiger partial charge in [0.1, 0.15) is 6.04 Å². The molecule has 2 aromatic rings. The van der Waals surface area contributed by atoms with Crippen LogP contribution in [0.3, 0.4) is 0 Å². The number of likely N-dealkylation sites (tertiary alicyclic amines) is 1. The van der Waals surface area contributed by atoms with Crippen molar-refractivity contribution >= 4 is 11.8 Å². The van der Waals surface area contributed by atoms with Gasteiger partial charge in [-0.05, 0) is 32.6 Å². The Morgan fingerprint density at radius 2 is 2.17 bits per heavy atom. The van der Waals surface area contributed by atoms with Crippen LogP contribution in [0, 0.1) is 6.92 Å². The van der Waals surface area contributed by atoms with Gasteiger partial charge in [0, 0.05) is 12.6 Å². The first-order valence-corrected chi connectivity index (χ1v) is 7.99. The molecule has 9 heteroatoms. The Morgan fingerprint density at radius 1 is 1.33 bits per heavy atom. The molecule has 1 saturated carbocycles. The first-order valence-electron chi connectivity index (χ1n) is 7.99. The fraction of sp³-hybridized carbons (Fsp3) is 0.533. The van der Waals surface area contributed by atoms with E-state index in [4.69, 9.17) is 8.94 Å². The highest BCUT2D eigenvalue weighted by Gasteiger charge is 2.37. The highest BCUT2D eigenvalue weighted by molar-refractivity contribution is 5.93. The number of carbonyl (C=O) groups excluding carboxylic acids is 2. The quantitative estimate of drug-likeness (QED) is 0.896. The van der Waals surface area contributed by atoms with Crippen molar-refractivity contribution in [2.45, 2.75) is 44.7 Å². The number of oxazole rings is 1. The minimum Gasteiger partial charge on any atom is -0.438 e. The van der Waals surface area contributed by atoms with E-state index >= 15 is 0 Å². The summed E-state index contributed by atoms with van der Waals surface area (Å²) in [4.78, 5) is 34.4. The van der Waals surface area contributed by atoms with Crippen molar-refractivity contribution in [1.29, 1.82) is 0 Å². The lowest BCUT2D eigenvalue weighted by Gasteiger charge is -2.20. The third-order valence-corrected chi connectivity index (χ3v) is 4.30. The Morgan fingerprint density at radius 3 is 2.88 bits per heavy atom. The van der Waals surface area contributed by atoms with Crippen molar-refractivity contribution in [1.82, 2.24) is 25.3 Å². The number of amides is 2. The third-order valence-electron chi connectivity index (χ3n) is 4.30. The van der Waals surface area contributed by atoms with Gasteiger partial charge in [-0.15, -0.1) is 0 Å². The molecule has 0 radical (unpaired) electrons. The van der Waals surface area contributed by atoms with Crippen LogP contribution in [0.5, 0.6) is 0 Å². The molecule has 0 bridgehead atoms. The number of aryl methyl sites for hydroxylation is 1. The predicted molar refractivity (Wildman–Crippen MR) is 79.0 cm³/mol. The van der Waals surface area contributed by atoms with Crippen molar-refractivity contribution in [2.75, 3.05) is 6.54 Å². The second kappa shape index (κ2) is 5.73. The van der Waals surface area contributed by atoms with Gasteiger partial charge in [0.05, 0.1) is 5.69 Å². The predicted octanol–water partition coefficient (Wildman–Crippen LogP) is 1.24. The van der Waals surface area contributed by atoms with Gasteiger partial charge in [-0.25, -0.2) is 4.98 Å². The number of nitrogens with zero attached hydrogens (tertiary/aromatic N) is 4. The Bertz CT molecular complexity index is 778. The van der Waals surface area contributed by atoms with Crippen LogP contribution < -0.4 is 5.32 Å². The second-order valence-electron chi connectivity index (χ2n) is 6.13. The summed E-state index contributed by atoms with van der Waals surface area (Å²) in [6.07, 6.45) is 4.73. The van der Waals surface area contributed by atoms with Gasteiger partial charge in [-0.2, -0.15) is 4.98 Å². The number of carbonyl (C=O) groups is 2. The molecule has 1 unspecified atom stereocenters. The van der Waals surface area contributed by atoms with Crippen molar-refractivity contribution in [3.63, 3.8) is 0 Å². The summed E-state index contributed by atoms with van der Waals surface area (Å²) >= 11 is 0. The van der Waals surface area contributed by atoms with Gasteiger partial charge in [-0.3, -0.25) is 9.59 Å². The molecule has 2 aromatic heterocycles. The molecule has 1 aliphatic heterocycles. The molecule has 9 nitrogen and oxygen atoms in total. The molecule has 3 heterocycles. The van der Waals surface area contributed by atoms with Crippen molar-refractivity contribution < 1.29 is 18.5 Å². The molecular formula is C15H17N5O4. The molecule has 4 rings (SSSR count). The molecule has 1 saturated heterocycles. The number of aromatic nitrogens is 3. The van der Waals surface area contributed by atoms with E-state index in [1.807, 2.05) is 0 Å². The Balaban J connectivity index is 1.52. The van der Waals surface area contributed by atoms with E-state index in [9.17, 15) is 9.59 Å².